The summed E-state index contributed by atoms with van der Waals surface area (Å²) in [6, 6.07) is 10.0. The van der Waals surface area contributed by atoms with Gasteiger partial charge >= 0.3 is 0 Å². The van der Waals surface area contributed by atoms with Gasteiger partial charge in [-0.15, -0.1) is 0 Å². The van der Waals surface area contributed by atoms with Crippen molar-refractivity contribution in [1.29, 1.82) is 0 Å². The Kier molecular flexibility index (Phi) is 4.59. The van der Waals surface area contributed by atoms with E-state index in [4.69, 9.17) is 5.11 Å². The molecule has 1 atom stereocenters. The Morgan fingerprint density at radius 2 is 2.09 bits per heavy atom. The molecule has 7 heteroatoms. The number of nitrogens with zero attached hydrogens (tertiary/aromatic N) is 4. The van der Waals surface area contributed by atoms with Crippen LogP contribution in [0.4, 0.5) is 5.82 Å². The van der Waals surface area contributed by atoms with Gasteiger partial charge in [-0.2, -0.15) is 0 Å². The summed E-state index contributed by atoms with van der Waals surface area (Å²) in [6.07, 6.45) is 0.899. The highest BCUT2D eigenvalue weighted by Gasteiger charge is 2.32. The largest absolute Gasteiger partial charge is 0.394 e. The maximum Gasteiger partial charge on any atom is 0.202 e. The van der Waals surface area contributed by atoms with Crippen LogP contribution in [0.15, 0.2) is 41.7 Å². The van der Waals surface area contributed by atoms with Crippen LogP contribution in [-0.4, -0.2) is 50.3 Å². The average Bonchev–Trinajstić information content (AvgIpc) is 2.97. The van der Waals surface area contributed by atoms with Crippen LogP contribution in [0.5, 0.6) is 0 Å². The highest BCUT2D eigenvalue weighted by atomic mass is 16.3. The summed E-state index contributed by atoms with van der Waals surface area (Å²) in [6.45, 7) is 3.43. The zero-order valence-electron chi connectivity index (χ0n) is 13.1. The van der Waals surface area contributed by atoms with Crippen LogP contribution in [0.1, 0.15) is 24.4 Å². The van der Waals surface area contributed by atoms with Crippen molar-refractivity contribution in [1.82, 2.24) is 14.5 Å². The van der Waals surface area contributed by atoms with Gasteiger partial charge in [0.15, 0.2) is 12.0 Å². The van der Waals surface area contributed by atoms with E-state index in [9.17, 15) is 5.11 Å². The number of rotatable bonds is 5. The summed E-state index contributed by atoms with van der Waals surface area (Å²) in [5.41, 5.74) is 1.86. The number of aliphatic hydroxyl groups is 2. The monoisotopic (exact) mass is 315 g/mol. The molecule has 2 heterocycles. The molecule has 122 valence electrons. The van der Waals surface area contributed by atoms with E-state index in [-0.39, 0.29) is 13.2 Å². The zero-order valence-corrected chi connectivity index (χ0v) is 13.1. The van der Waals surface area contributed by atoms with E-state index in [1.807, 2.05) is 41.8 Å². The molecule has 0 amide bonds. The van der Waals surface area contributed by atoms with Crippen LogP contribution in [0.2, 0.25) is 0 Å². The van der Waals surface area contributed by atoms with Crippen LogP contribution >= 0.6 is 0 Å². The molecular weight excluding hydrogens is 294 g/mol. The SMILES string of the molecule is CCN1C(=NCCO)Nc2ncn(Cc3ccccc3)c2C1O. The molecule has 0 saturated carbocycles. The van der Waals surface area contributed by atoms with Gasteiger partial charge < -0.3 is 25.0 Å². The molecule has 23 heavy (non-hydrogen) atoms. The Bertz CT molecular complexity index is 683. The van der Waals surface area contributed by atoms with Crippen LogP contribution < -0.4 is 5.32 Å². The van der Waals surface area contributed by atoms with Gasteiger partial charge in [-0.05, 0) is 12.5 Å². The van der Waals surface area contributed by atoms with E-state index < -0.39 is 6.23 Å². The number of hydrogen-bond acceptors (Lipinski definition) is 4. The minimum atomic E-state index is -0.820. The van der Waals surface area contributed by atoms with Crippen molar-refractivity contribution < 1.29 is 10.2 Å². The molecule has 0 spiro atoms. The van der Waals surface area contributed by atoms with Crippen molar-refractivity contribution in [3.63, 3.8) is 0 Å². The Labute approximate surface area is 134 Å². The predicted molar refractivity (Wildman–Crippen MR) is 88.1 cm³/mol. The molecule has 0 aliphatic carbocycles. The molecule has 3 rings (SSSR count). The maximum atomic E-state index is 10.7. The lowest BCUT2D eigenvalue weighted by atomic mass is 10.2. The zero-order chi connectivity index (χ0) is 16.2. The fourth-order valence-corrected chi connectivity index (χ4v) is 2.71. The Balaban J connectivity index is 1.91. The molecule has 1 aromatic carbocycles. The fraction of sp³-hybridized carbons (Fsp3) is 0.375. The molecule has 0 fully saturated rings. The smallest absolute Gasteiger partial charge is 0.202 e. The van der Waals surface area contributed by atoms with Gasteiger partial charge in [0.2, 0.25) is 5.96 Å². The highest BCUT2D eigenvalue weighted by molar-refractivity contribution is 5.95. The number of aromatic nitrogens is 2. The summed E-state index contributed by atoms with van der Waals surface area (Å²) in [5, 5.41) is 22.8. The number of imidazole rings is 1. The Hall–Kier alpha value is -2.38. The fourth-order valence-electron chi connectivity index (χ4n) is 2.71. The molecule has 7 nitrogen and oxygen atoms in total. The normalized spacial score (nSPS) is 18.8. The maximum absolute atomic E-state index is 10.7. The molecule has 0 bridgehead atoms. The van der Waals surface area contributed by atoms with E-state index in [2.05, 4.69) is 15.3 Å². The van der Waals surface area contributed by atoms with Gasteiger partial charge in [0, 0.05) is 13.1 Å². The number of aliphatic hydroxyl groups excluding tert-OH is 2. The Morgan fingerprint density at radius 3 is 2.78 bits per heavy atom. The third-order valence-corrected chi connectivity index (χ3v) is 3.82. The molecule has 1 unspecified atom stereocenters. The van der Waals surface area contributed by atoms with E-state index in [1.165, 1.54) is 0 Å². The number of hydrogen-bond donors (Lipinski definition) is 3. The van der Waals surface area contributed by atoms with Crippen molar-refractivity contribution in [3.8, 4) is 0 Å². The summed E-state index contributed by atoms with van der Waals surface area (Å²) in [4.78, 5) is 10.4. The first kappa shape index (κ1) is 15.5. The average molecular weight is 315 g/mol. The van der Waals surface area contributed by atoms with Crippen LogP contribution in [0.25, 0.3) is 0 Å². The first-order valence-corrected chi connectivity index (χ1v) is 7.70. The summed E-state index contributed by atoms with van der Waals surface area (Å²) in [7, 11) is 0. The lowest BCUT2D eigenvalue weighted by molar-refractivity contribution is 0.0464. The minimum absolute atomic E-state index is 0.0336. The van der Waals surface area contributed by atoms with Crippen LogP contribution in [-0.2, 0) is 6.54 Å². The molecule has 1 aliphatic rings. The van der Waals surface area contributed by atoms with Crippen molar-refractivity contribution >= 4 is 11.8 Å². The summed E-state index contributed by atoms with van der Waals surface area (Å²) < 4.78 is 1.94. The van der Waals surface area contributed by atoms with Gasteiger partial charge in [0.1, 0.15) is 5.69 Å². The molecular formula is C16H21N5O2. The summed E-state index contributed by atoms with van der Waals surface area (Å²) >= 11 is 0. The first-order chi connectivity index (χ1) is 11.2. The standard InChI is InChI=1S/C16H21N5O2/c1-2-21-15(23)13-14(19-16(21)17-8-9-22)18-11-20(13)10-12-6-4-3-5-7-12/h3-7,11,15,22-23H,2,8-10H2,1H3,(H,17,19). The minimum Gasteiger partial charge on any atom is -0.394 e. The number of benzene rings is 1. The lowest BCUT2D eigenvalue weighted by Crippen LogP contribution is -2.44. The second kappa shape index (κ2) is 6.80. The molecule has 0 radical (unpaired) electrons. The topological polar surface area (TPSA) is 85.9 Å². The van der Waals surface area contributed by atoms with Gasteiger partial charge in [-0.1, -0.05) is 30.3 Å². The Morgan fingerprint density at radius 1 is 1.30 bits per heavy atom. The number of fused-ring (bicyclic) bond motifs is 1. The number of guanidine groups is 1. The van der Waals surface area contributed by atoms with Crippen molar-refractivity contribution in [2.75, 3.05) is 25.0 Å². The van der Waals surface area contributed by atoms with E-state index in [0.29, 0.717) is 24.9 Å². The van der Waals surface area contributed by atoms with Crippen molar-refractivity contribution in [2.24, 2.45) is 4.99 Å². The van der Waals surface area contributed by atoms with E-state index >= 15 is 0 Å². The number of anilines is 1. The second-order valence-electron chi connectivity index (χ2n) is 5.31. The molecule has 2 aromatic rings. The molecule has 3 N–H and O–H groups in total. The van der Waals surface area contributed by atoms with Crippen LogP contribution in [0, 0.1) is 0 Å². The van der Waals surface area contributed by atoms with Gasteiger partial charge in [-0.25, -0.2) is 4.98 Å². The third-order valence-electron chi connectivity index (χ3n) is 3.82. The van der Waals surface area contributed by atoms with Crippen molar-refractivity contribution in [2.45, 2.75) is 19.7 Å². The highest BCUT2D eigenvalue weighted by Crippen LogP contribution is 2.30. The molecule has 1 aliphatic heterocycles. The predicted octanol–water partition coefficient (Wildman–Crippen LogP) is 1.02. The number of nitrogens with one attached hydrogen (secondary N) is 1. The van der Waals surface area contributed by atoms with E-state index in [1.54, 1.807) is 11.2 Å². The molecule has 0 saturated heterocycles. The van der Waals surface area contributed by atoms with E-state index in [0.717, 1.165) is 11.3 Å². The van der Waals surface area contributed by atoms with Gasteiger partial charge in [0.05, 0.1) is 19.5 Å². The number of aliphatic imine (C=N–C) groups is 1. The van der Waals surface area contributed by atoms with Crippen molar-refractivity contribution in [3.05, 3.63) is 47.9 Å². The summed E-state index contributed by atoms with van der Waals surface area (Å²) in [5.74, 6) is 1.14. The second-order valence-corrected chi connectivity index (χ2v) is 5.31. The quantitative estimate of drug-likeness (QED) is 0.767. The molecule has 1 aromatic heterocycles. The van der Waals surface area contributed by atoms with Gasteiger partial charge in [-0.3, -0.25) is 4.99 Å². The van der Waals surface area contributed by atoms with Gasteiger partial charge in [0.25, 0.3) is 0 Å². The van der Waals surface area contributed by atoms with Crippen LogP contribution in [0.3, 0.4) is 0 Å². The lowest BCUT2D eigenvalue weighted by Gasteiger charge is -2.34. The first-order valence-electron chi connectivity index (χ1n) is 7.70. The third kappa shape index (κ3) is 3.06.